The van der Waals surface area contributed by atoms with E-state index in [4.69, 9.17) is 4.42 Å². The van der Waals surface area contributed by atoms with Gasteiger partial charge in [-0.15, -0.1) is 4.40 Å². The third kappa shape index (κ3) is 4.23. The van der Waals surface area contributed by atoms with Gasteiger partial charge in [0.15, 0.2) is 6.20 Å². The topological polar surface area (TPSA) is 22.2 Å². The molecule has 0 fully saturated rings. The van der Waals surface area contributed by atoms with E-state index >= 15 is 0 Å². The molecule has 0 aliphatic carbocycles. The summed E-state index contributed by atoms with van der Waals surface area (Å²) in [4.78, 5) is 0. The maximum atomic E-state index is 6.43. The summed E-state index contributed by atoms with van der Waals surface area (Å²) in [5.74, 6) is 0. The first-order chi connectivity index (χ1) is 25.8. The van der Waals surface area contributed by atoms with Crippen molar-refractivity contribution in [2.24, 2.45) is 0 Å². The molecule has 52 heavy (non-hydrogen) atoms. The molecule has 0 unspecified atom stereocenters. The van der Waals surface area contributed by atoms with Crippen LogP contribution in [-0.4, -0.2) is 4.57 Å². The van der Waals surface area contributed by atoms with E-state index in [1.165, 1.54) is 65.6 Å². The van der Waals surface area contributed by atoms with Crippen LogP contribution in [0.5, 0.6) is 0 Å². The fourth-order valence-electron chi connectivity index (χ4n) is 8.46. The van der Waals surface area contributed by atoms with Crippen LogP contribution in [0.2, 0.25) is 0 Å². The lowest BCUT2D eigenvalue weighted by molar-refractivity contribution is -0.485. The molecule has 3 aromatic heterocycles. The maximum absolute atomic E-state index is 6.43. The van der Waals surface area contributed by atoms with E-state index in [0.29, 0.717) is 0 Å². The highest BCUT2D eigenvalue weighted by atomic mass is 16.3. The zero-order valence-corrected chi connectivity index (χ0v) is 28.2. The third-order valence-corrected chi connectivity index (χ3v) is 10.6. The van der Waals surface area contributed by atoms with Crippen LogP contribution < -0.4 is 4.40 Å². The second kappa shape index (κ2) is 11.3. The van der Waals surface area contributed by atoms with Crippen LogP contribution in [0.4, 0.5) is 0 Å². The van der Waals surface area contributed by atoms with E-state index < -0.39 is 0 Å². The van der Waals surface area contributed by atoms with Crippen molar-refractivity contribution in [2.75, 3.05) is 0 Å². The lowest BCUT2D eigenvalue weighted by Gasteiger charge is -2.19. The normalized spacial score (nSPS) is 11.8. The quantitative estimate of drug-likeness (QED) is 0.136. The molecule has 0 spiro atoms. The van der Waals surface area contributed by atoms with Gasteiger partial charge >= 0.3 is 5.71 Å². The van der Waals surface area contributed by atoms with Crippen molar-refractivity contribution in [2.45, 2.75) is 0 Å². The van der Waals surface area contributed by atoms with E-state index in [1.54, 1.807) is 0 Å². The van der Waals surface area contributed by atoms with Gasteiger partial charge in [-0.05, 0) is 85.8 Å². The zero-order chi connectivity index (χ0) is 34.2. The number of para-hydroxylation sites is 3. The highest BCUT2D eigenvalue weighted by molar-refractivity contribution is 6.21. The summed E-state index contributed by atoms with van der Waals surface area (Å²) in [6.45, 7) is 0. The molecule has 0 aliphatic heterocycles. The molecular formula is C49H31N2O+. The predicted octanol–water partition coefficient (Wildman–Crippen LogP) is 12.6. The average Bonchev–Trinajstić information content (AvgIpc) is 3.76. The molecule has 11 aromatic rings. The fraction of sp³-hybridized carbons (Fsp3) is 0. The Hall–Kier alpha value is -6.97. The highest BCUT2D eigenvalue weighted by Crippen LogP contribution is 2.45. The predicted molar refractivity (Wildman–Crippen MR) is 215 cm³/mol. The number of fused-ring (bicyclic) bond motifs is 8. The lowest BCUT2D eigenvalue weighted by atomic mass is 9.85. The SMILES string of the molecule is c1cc(-c2c3ccccc3c(-c3cccc(-n4c5ccccc5c5ccccc54)c3)c3ccccc23)cc(-c2cccc3c2oc2cccc[n+]23)c1. The summed E-state index contributed by atoms with van der Waals surface area (Å²) < 4.78 is 10.9. The van der Waals surface area contributed by atoms with Crippen LogP contribution in [0.25, 0.3) is 99.2 Å². The van der Waals surface area contributed by atoms with Gasteiger partial charge in [0, 0.05) is 34.2 Å². The Kier molecular flexibility index (Phi) is 6.25. The molecule has 0 saturated carbocycles. The summed E-state index contributed by atoms with van der Waals surface area (Å²) in [6, 6.07) is 65.6. The molecule has 0 aliphatic rings. The molecule has 242 valence electrons. The largest absolute Gasteiger partial charge is 0.397 e. The van der Waals surface area contributed by atoms with Crippen molar-refractivity contribution in [1.82, 2.24) is 4.57 Å². The lowest BCUT2D eigenvalue weighted by Crippen LogP contribution is -2.17. The average molecular weight is 664 g/mol. The van der Waals surface area contributed by atoms with Gasteiger partial charge in [-0.2, -0.15) is 0 Å². The number of hydrogen-bond acceptors (Lipinski definition) is 1. The van der Waals surface area contributed by atoms with E-state index in [2.05, 4.69) is 179 Å². The summed E-state index contributed by atoms with van der Waals surface area (Å²) in [5, 5.41) is 7.46. The van der Waals surface area contributed by atoms with Gasteiger partial charge in [0.05, 0.1) is 17.1 Å². The Balaban J connectivity index is 1.14. The van der Waals surface area contributed by atoms with Crippen LogP contribution in [0, 0.1) is 0 Å². The Morgan fingerprint density at radius 2 is 0.923 bits per heavy atom. The molecule has 0 amide bonds. The van der Waals surface area contributed by atoms with E-state index in [1.807, 2.05) is 18.2 Å². The molecule has 0 bridgehead atoms. The first-order valence-electron chi connectivity index (χ1n) is 17.8. The van der Waals surface area contributed by atoms with Gasteiger partial charge in [-0.3, -0.25) is 0 Å². The van der Waals surface area contributed by atoms with Crippen LogP contribution in [-0.2, 0) is 0 Å². The maximum Gasteiger partial charge on any atom is 0.379 e. The van der Waals surface area contributed by atoms with Crippen molar-refractivity contribution in [3.8, 4) is 39.1 Å². The molecule has 3 heterocycles. The Labute approximate surface area is 299 Å². The summed E-state index contributed by atoms with van der Waals surface area (Å²) >= 11 is 0. The molecule has 11 rings (SSSR count). The Bertz CT molecular complexity index is 3090. The molecule has 0 atom stereocenters. The number of oxazole rings is 1. The molecule has 3 heteroatoms. The van der Waals surface area contributed by atoms with Gasteiger partial charge in [0.1, 0.15) is 0 Å². The van der Waals surface area contributed by atoms with E-state index in [-0.39, 0.29) is 0 Å². The van der Waals surface area contributed by atoms with Crippen molar-refractivity contribution in [3.63, 3.8) is 0 Å². The minimum absolute atomic E-state index is 0.830. The minimum Gasteiger partial charge on any atom is -0.397 e. The smallest absolute Gasteiger partial charge is 0.379 e. The standard InChI is InChI=1S/C49H31N2O/c1-3-22-41-39(20-1)47(33-15-11-14-32(30-33)36-24-13-27-45-49(36)52-46-28-9-10-29-50(45)46)40-21-2-4-23-42(40)48(41)34-16-12-17-35(31-34)51-43-25-7-5-18-37(43)38-19-6-8-26-44(38)51/h1-31H/q+1. The van der Waals surface area contributed by atoms with Gasteiger partial charge in [-0.1, -0.05) is 127 Å². The van der Waals surface area contributed by atoms with Gasteiger partial charge in [0.2, 0.25) is 5.58 Å². The molecule has 0 saturated heterocycles. The van der Waals surface area contributed by atoms with Crippen molar-refractivity contribution in [3.05, 3.63) is 188 Å². The number of rotatable bonds is 4. The molecular weight excluding hydrogens is 633 g/mol. The van der Waals surface area contributed by atoms with Gasteiger partial charge in [-0.25, -0.2) is 0 Å². The first kappa shape index (κ1) is 28.8. The van der Waals surface area contributed by atoms with Crippen molar-refractivity contribution >= 4 is 60.2 Å². The molecule has 3 nitrogen and oxygen atoms in total. The number of aromatic nitrogens is 2. The Morgan fingerprint density at radius 1 is 0.404 bits per heavy atom. The van der Waals surface area contributed by atoms with Crippen LogP contribution in [0.15, 0.2) is 193 Å². The highest BCUT2D eigenvalue weighted by Gasteiger charge is 2.21. The minimum atomic E-state index is 0.830. The van der Waals surface area contributed by atoms with Crippen molar-refractivity contribution in [1.29, 1.82) is 0 Å². The number of hydrogen-bond donors (Lipinski definition) is 0. The zero-order valence-electron chi connectivity index (χ0n) is 28.2. The van der Waals surface area contributed by atoms with E-state index in [9.17, 15) is 0 Å². The van der Waals surface area contributed by atoms with Gasteiger partial charge in [0.25, 0.3) is 5.52 Å². The summed E-state index contributed by atoms with van der Waals surface area (Å²) in [5.41, 5.74) is 13.4. The van der Waals surface area contributed by atoms with Crippen LogP contribution in [0.3, 0.4) is 0 Å². The number of pyridine rings is 1. The van der Waals surface area contributed by atoms with E-state index in [0.717, 1.165) is 33.6 Å². The van der Waals surface area contributed by atoms with Gasteiger partial charge < -0.3 is 8.98 Å². The molecule has 0 N–H and O–H groups in total. The fourth-order valence-corrected chi connectivity index (χ4v) is 8.46. The second-order valence-electron chi connectivity index (χ2n) is 13.5. The number of nitrogens with zero attached hydrogens (tertiary/aromatic N) is 2. The van der Waals surface area contributed by atoms with Crippen LogP contribution in [0.1, 0.15) is 0 Å². The molecule has 0 radical (unpaired) electrons. The van der Waals surface area contributed by atoms with Crippen LogP contribution >= 0.6 is 0 Å². The molecule has 8 aromatic carbocycles. The summed E-state index contributed by atoms with van der Waals surface area (Å²) in [7, 11) is 0. The number of benzene rings is 8. The third-order valence-electron chi connectivity index (χ3n) is 10.6. The summed E-state index contributed by atoms with van der Waals surface area (Å²) in [6.07, 6.45) is 2.06. The second-order valence-corrected chi connectivity index (χ2v) is 13.5. The first-order valence-corrected chi connectivity index (χ1v) is 17.8. The van der Waals surface area contributed by atoms with Crippen molar-refractivity contribution < 1.29 is 8.82 Å². The Morgan fingerprint density at radius 3 is 1.58 bits per heavy atom. The monoisotopic (exact) mass is 663 g/mol.